The predicted molar refractivity (Wildman–Crippen MR) is 90.7 cm³/mol. The first kappa shape index (κ1) is 15.7. The molecule has 0 radical (unpaired) electrons. The average molecular weight is 332 g/mol. The quantitative estimate of drug-likeness (QED) is 0.806. The Hall–Kier alpha value is -2.15. The largest absolute Gasteiger partial charge is 0.461 e. The van der Waals surface area contributed by atoms with E-state index in [4.69, 9.17) is 4.74 Å². The number of carbonyl (C=O) groups is 1. The minimum absolute atomic E-state index is 0.351. The molecule has 0 saturated heterocycles. The van der Waals surface area contributed by atoms with Crippen molar-refractivity contribution in [2.45, 2.75) is 20.3 Å². The molecule has 2 aromatic rings. The van der Waals surface area contributed by atoms with Crippen LogP contribution in [0.5, 0.6) is 0 Å². The van der Waals surface area contributed by atoms with E-state index in [0.717, 1.165) is 30.3 Å². The number of esters is 1. The van der Waals surface area contributed by atoms with Crippen molar-refractivity contribution in [3.8, 4) is 0 Å². The smallest absolute Gasteiger partial charge is 0.358 e. The van der Waals surface area contributed by atoms with Crippen molar-refractivity contribution in [1.29, 1.82) is 0 Å². The summed E-state index contributed by atoms with van der Waals surface area (Å²) >= 11 is 1.64. The Bertz CT molecular complexity index is 733. The molecular weight excluding hydrogens is 312 g/mol. The van der Waals surface area contributed by atoms with Crippen molar-refractivity contribution in [1.82, 2.24) is 14.8 Å². The fourth-order valence-electron chi connectivity index (χ4n) is 2.75. The summed E-state index contributed by atoms with van der Waals surface area (Å²) in [5, 5.41) is 7.32. The van der Waals surface area contributed by atoms with Gasteiger partial charge in [-0.25, -0.2) is 9.78 Å². The minimum atomic E-state index is -0.375. The van der Waals surface area contributed by atoms with Crippen LogP contribution in [0.2, 0.25) is 0 Å². The molecule has 3 rings (SSSR count). The Morgan fingerprint density at radius 1 is 1.48 bits per heavy atom. The van der Waals surface area contributed by atoms with Crippen LogP contribution in [0.25, 0.3) is 5.57 Å². The number of aryl methyl sites for hydroxylation is 1. The van der Waals surface area contributed by atoms with Crippen LogP contribution in [-0.4, -0.2) is 40.4 Å². The standard InChI is InChI=1S/C16H20N4O2S/c1-4-22-15(21)13-9-14(19(3)18-13)12-10-20(7-5-11(12)2)16-17-6-8-23-16/h6,8-9H,4-5,7,10H2,1-3H3. The number of hydrogen-bond donors (Lipinski definition) is 0. The van der Waals surface area contributed by atoms with Gasteiger partial charge in [0, 0.05) is 31.7 Å². The van der Waals surface area contributed by atoms with E-state index in [2.05, 4.69) is 21.9 Å². The Morgan fingerprint density at radius 2 is 2.30 bits per heavy atom. The zero-order valence-electron chi connectivity index (χ0n) is 13.6. The van der Waals surface area contributed by atoms with Crippen molar-refractivity contribution < 1.29 is 9.53 Å². The Kier molecular flexibility index (Phi) is 4.47. The first-order valence-electron chi connectivity index (χ1n) is 7.64. The molecule has 0 aromatic carbocycles. The molecule has 0 bridgehead atoms. The van der Waals surface area contributed by atoms with Crippen LogP contribution >= 0.6 is 11.3 Å². The lowest BCUT2D eigenvalue weighted by molar-refractivity contribution is 0.0518. The Morgan fingerprint density at radius 3 is 3.00 bits per heavy atom. The van der Waals surface area contributed by atoms with E-state index < -0.39 is 0 Å². The molecule has 2 aromatic heterocycles. The van der Waals surface area contributed by atoms with E-state index in [-0.39, 0.29) is 5.97 Å². The summed E-state index contributed by atoms with van der Waals surface area (Å²) in [7, 11) is 1.86. The van der Waals surface area contributed by atoms with Crippen molar-refractivity contribution >= 4 is 28.0 Å². The number of nitrogens with zero attached hydrogens (tertiary/aromatic N) is 4. The topological polar surface area (TPSA) is 60.2 Å². The van der Waals surface area contributed by atoms with Crippen LogP contribution < -0.4 is 4.90 Å². The summed E-state index contributed by atoms with van der Waals surface area (Å²) in [5.41, 5.74) is 3.86. The fraction of sp³-hybridized carbons (Fsp3) is 0.438. The zero-order valence-corrected chi connectivity index (χ0v) is 14.4. The second-order valence-corrected chi connectivity index (χ2v) is 6.38. The molecule has 0 atom stereocenters. The van der Waals surface area contributed by atoms with E-state index >= 15 is 0 Å². The number of carbonyl (C=O) groups excluding carboxylic acids is 1. The average Bonchev–Trinajstić information content (AvgIpc) is 3.18. The number of thiazole rings is 1. The third-order valence-electron chi connectivity index (χ3n) is 3.98. The lowest BCUT2D eigenvalue weighted by Crippen LogP contribution is -2.31. The third kappa shape index (κ3) is 3.14. The van der Waals surface area contributed by atoms with Gasteiger partial charge in [-0.05, 0) is 31.9 Å². The summed E-state index contributed by atoms with van der Waals surface area (Å²) in [5.74, 6) is -0.375. The maximum absolute atomic E-state index is 11.9. The molecule has 0 unspecified atom stereocenters. The molecule has 0 N–H and O–H groups in total. The van der Waals surface area contributed by atoms with Gasteiger partial charge in [0.25, 0.3) is 0 Å². The van der Waals surface area contributed by atoms with Gasteiger partial charge >= 0.3 is 5.97 Å². The second kappa shape index (κ2) is 6.54. The molecule has 1 aliphatic heterocycles. The van der Waals surface area contributed by atoms with Gasteiger partial charge in [-0.3, -0.25) is 4.68 Å². The lowest BCUT2D eigenvalue weighted by Gasteiger charge is -2.29. The van der Waals surface area contributed by atoms with Crippen molar-refractivity contribution in [3.63, 3.8) is 0 Å². The van der Waals surface area contributed by atoms with Crippen LogP contribution in [-0.2, 0) is 11.8 Å². The fourth-order valence-corrected chi connectivity index (χ4v) is 3.42. The normalized spacial score (nSPS) is 15.2. The van der Waals surface area contributed by atoms with Gasteiger partial charge in [0.05, 0.1) is 12.3 Å². The number of aromatic nitrogens is 3. The molecule has 0 amide bonds. The van der Waals surface area contributed by atoms with E-state index in [0.29, 0.717) is 12.3 Å². The number of ether oxygens (including phenoxy) is 1. The molecule has 3 heterocycles. The van der Waals surface area contributed by atoms with Crippen molar-refractivity contribution in [2.24, 2.45) is 7.05 Å². The first-order valence-corrected chi connectivity index (χ1v) is 8.52. The van der Waals surface area contributed by atoms with Gasteiger partial charge < -0.3 is 9.64 Å². The van der Waals surface area contributed by atoms with Gasteiger partial charge in [-0.2, -0.15) is 5.10 Å². The summed E-state index contributed by atoms with van der Waals surface area (Å²) in [6, 6.07) is 1.82. The molecule has 0 aliphatic carbocycles. The van der Waals surface area contributed by atoms with Gasteiger partial charge in [0.15, 0.2) is 10.8 Å². The van der Waals surface area contributed by atoms with Crippen LogP contribution in [0, 0.1) is 0 Å². The van der Waals surface area contributed by atoms with E-state index in [1.54, 1.807) is 22.9 Å². The van der Waals surface area contributed by atoms with Gasteiger partial charge in [0.2, 0.25) is 0 Å². The third-order valence-corrected chi connectivity index (χ3v) is 4.82. The van der Waals surface area contributed by atoms with Crippen LogP contribution in [0.1, 0.15) is 36.5 Å². The highest BCUT2D eigenvalue weighted by Gasteiger charge is 2.23. The van der Waals surface area contributed by atoms with Crippen LogP contribution in [0.3, 0.4) is 0 Å². The maximum atomic E-state index is 11.9. The van der Waals surface area contributed by atoms with E-state index in [1.165, 1.54) is 11.1 Å². The number of anilines is 1. The molecule has 0 saturated carbocycles. The van der Waals surface area contributed by atoms with Gasteiger partial charge in [0.1, 0.15) is 0 Å². The molecular formula is C16H20N4O2S. The summed E-state index contributed by atoms with van der Waals surface area (Å²) in [6.45, 7) is 6.03. The molecule has 7 heteroatoms. The molecule has 122 valence electrons. The number of hydrogen-bond acceptors (Lipinski definition) is 6. The summed E-state index contributed by atoms with van der Waals surface area (Å²) < 4.78 is 6.80. The predicted octanol–water partition coefficient (Wildman–Crippen LogP) is 2.74. The molecule has 23 heavy (non-hydrogen) atoms. The summed E-state index contributed by atoms with van der Waals surface area (Å²) in [6.07, 6.45) is 2.81. The van der Waals surface area contributed by atoms with E-state index in [9.17, 15) is 4.79 Å². The summed E-state index contributed by atoms with van der Waals surface area (Å²) in [4.78, 5) is 18.6. The minimum Gasteiger partial charge on any atom is -0.461 e. The highest BCUT2D eigenvalue weighted by molar-refractivity contribution is 7.13. The monoisotopic (exact) mass is 332 g/mol. The van der Waals surface area contributed by atoms with Crippen LogP contribution in [0.15, 0.2) is 23.2 Å². The van der Waals surface area contributed by atoms with Gasteiger partial charge in [-0.1, -0.05) is 5.57 Å². The molecule has 6 nitrogen and oxygen atoms in total. The first-order chi connectivity index (χ1) is 11.1. The number of rotatable bonds is 4. The SMILES string of the molecule is CCOC(=O)c1cc(C2=C(C)CCN(c3nccs3)C2)n(C)n1. The highest BCUT2D eigenvalue weighted by atomic mass is 32.1. The van der Waals surface area contributed by atoms with E-state index in [1.807, 2.05) is 24.7 Å². The van der Waals surface area contributed by atoms with Crippen molar-refractivity contribution in [3.05, 3.63) is 34.6 Å². The van der Waals surface area contributed by atoms with Crippen molar-refractivity contribution in [2.75, 3.05) is 24.6 Å². The van der Waals surface area contributed by atoms with Crippen LogP contribution in [0.4, 0.5) is 5.13 Å². The zero-order chi connectivity index (χ0) is 16.4. The molecule has 1 aliphatic rings. The lowest BCUT2D eigenvalue weighted by atomic mass is 9.99. The van der Waals surface area contributed by atoms with Gasteiger partial charge in [-0.15, -0.1) is 11.3 Å². The highest BCUT2D eigenvalue weighted by Crippen LogP contribution is 2.30. The Balaban J connectivity index is 1.89. The molecule has 0 spiro atoms. The second-order valence-electron chi connectivity index (χ2n) is 5.50. The Labute approximate surface area is 139 Å². The molecule has 0 fully saturated rings. The maximum Gasteiger partial charge on any atom is 0.358 e.